The Morgan fingerprint density at radius 1 is 1.25 bits per heavy atom. The topological polar surface area (TPSA) is 68.9 Å². The van der Waals surface area contributed by atoms with Crippen molar-refractivity contribution in [2.24, 2.45) is 0 Å². The maximum Gasteiger partial charge on any atom is 0.215 e. The van der Waals surface area contributed by atoms with E-state index in [9.17, 15) is 4.79 Å². The van der Waals surface area contributed by atoms with Gasteiger partial charge in [0.05, 0.1) is 6.20 Å². The minimum absolute atomic E-state index is 0.161. The lowest BCUT2D eigenvalue weighted by Crippen LogP contribution is -2.10. The predicted octanol–water partition coefficient (Wildman–Crippen LogP) is 1.89. The molecule has 0 aliphatic heterocycles. The highest BCUT2D eigenvalue weighted by molar-refractivity contribution is 14.1. The Kier molecular flexibility index (Phi) is 3.14. The Hall–Kier alpha value is -1.50. The van der Waals surface area contributed by atoms with E-state index in [0.717, 1.165) is 0 Å². The molecule has 0 aliphatic carbocycles. The molecule has 0 spiro atoms. The second-order valence-corrected chi connectivity index (χ2v) is 4.23. The second-order valence-electron chi connectivity index (χ2n) is 3.12. The van der Waals surface area contributed by atoms with Gasteiger partial charge in [-0.15, -0.1) is 0 Å². The molecule has 0 aliphatic rings. The van der Waals surface area contributed by atoms with Crippen LogP contribution < -0.4 is 5.73 Å². The third-order valence-electron chi connectivity index (χ3n) is 2.02. The molecule has 1 heterocycles. The van der Waals surface area contributed by atoms with Crippen LogP contribution in [-0.2, 0) is 0 Å². The third kappa shape index (κ3) is 2.19. The molecule has 0 saturated carbocycles. The first-order valence-electron chi connectivity index (χ1n) is 4.56. The number of ketones is 1. The van der Waals surface area contributed by atoms with E-state index in [1.54, 1.807) is 24.3 Å². The summed E-state index contributed by atoms with van der Waals surface area (Å²) in [5.74, 6) is -0.0432. The van der Waals surface area contributed by atoms with Gasteiger partial charge in [-0.25, -0.2) is 9.97 Å². The summed E-state index contributed by atoms with van der Waals surface area (Å²) >= 11 is 1.99. The molecule has 5 heteroatoms. The van der Waals surface area contributed by atoms with Gasteiger partial charge in [0.25, 0.3) is 0 Å². The van der Waals surface area contributed by atoms with E-state index in [1.165, 1.54) is 6.20 Å². The molecule has 0 fully saturated rings. The quantitative estimate of drug-likeness (QED) is 0.676. The van der Waals surface area contributed by atoms with Crippen LogP contribution in [0.1, 0.15) is 16.1 Å². The number of rotatable bonds is 2. The van der Waals surface area contributed by atoms with Gasteiger partial charge in [-0.1, -0.05) is 30.3 Å². The first-order valence-corrected chi connectivity index (χ1v) is 5.64. The number of hydrogen-bond acceptors (Lipinski definition) is 4. The molecule has 2 aromatic rings. The molecule has 2 rings (SSSR count). The lowest BCUT2D eigenvalue weighted by molar-refractivity contribution is 0.103. The van der Waals surface area contributed by atoms with Gasteiger partial charge in [0.15, 0.2) is 11.5 Å². The summed E-state index contributed by atoms with van der Waals surface area (Å²) < 4.78 is 0.645. The van der Waals surface area contributed by atoms with Crippen molar-refractivity contribution in [3.8, 4) is 0 Å². The van der Waals surface area contributed by atoms with E-state index in [2.05, 4.69) is 9.97 Å². The van der Waals surface area contributed by atoms with Gasteiger partial charge in [0, 0.05) is 5.56 Å². The van der Waals surface area contributed by atoms with E-state index in [-0.39, 0.29) is 17.3 Å². The van der Waals surface area contributed by atoms with Gasteiger partial charge in [-0.05, 0) is 22.6 Å². The number of carbonyl (C=O) groups is 1. The van der Waals surface area contributed by atoms with Gasteiger partial charge in [0.2, 0.25) is 5.78 Å². The van der Waals surface area contributed by atoms with Gasteiger partial charge in [0.1, 0.15) is 3.70 Å². The Labute approximate surface area is 106 Å². The summed E-state index contributed by atoms with van der Waals surface area (Å²) in [4.78, 5) is 20.0. The summed E-state index contributed by atoms with van der Waals surface area (Å²) in [6.45, 7) is 0. The number of benzene rings is 1. The molecule has 0 radical (unpaired) electrons. The Morgan fingerprint density at radius 3 is 2.62 bits per heavy atom. The van der Waals surface area contributed by atoms with Crippen LogP contribution in [0.2, 0.25) is 0 Å². The second kappa shape index (κ2) is 4.56. The van der Waals surface area contributed by atoms with Crippen LogP contribution in [0, 0.1) is 3.70 Å². The molecular formula is C11H8IN3O. The molecular weight excluding hydrogens is 317 g/mol. The van der Waals surface area contributed by atoms with Crippen LogP contribution in [0.25, 0.3) is 0 Å². The summed E-state index contributed by atoms with van der Waals surface area (Å²) in [5.41, 5.74) is 6.40. The largest absolute Gasteiger partial charge is 0.382 e. The highest BCUT2D eigenvalue weighted by Gasteiger charge is 2.14. The minimum atomic E-state index is -0.205. The zero-order valence-corrected chi connectivity index (χ0v) is 10.4. The molecule has 2 N–H and O–H groups in total. The number of nitrogens with two attached hydrogens (primary N) is 1. The molecule has 1 aromatic carbocycles. The summed E-state index contributed by atoms with van der Waals surface area (Å²) in [7, 11) is 0. The van der Waals surface area contributed by atoms with Gasteiger partial charge in [-0.2, -0.15) is 0 Å². The lowest BCUT2D eigenvalue weighted by atomic mass is 10.1. The standard InChI is InChI=1S/C11H8IN3O/c12-8-6-14-11(13)9(15-8)10(16)7-4-2-1-3-5-7/h1-6H,(H2,13,14). The van der Waals surface area contributed by atoms with E-state index in [0.29, 0.717) is 9.26 Å². The van der Waals surface area contributed by atoms with Crippen molar-refractivity contribution in [1.29, 1.82) is 0 Å². The molecule has 16 heavy (non-hydrogen) atoms. The third-order valence-corrected chi connectivity index (χ3v) is 2.54. The molecule has 80 valence electrons. The fraction of sp³-hybridized carbons (Fsp3) is 0. The first kappa shape index (κ1) is 11.0. The molecule has 4 nitrogen and oxygen atoms in total. The van der Waals surface area contributed by atoms with Crippen LogP contribution in [-0.4, -0.2) is 15.8 Å². The average Bonchev–Trinajstić information content (AvgIpc) is 2.32. The number of hydrogen-bond donors (Lipinski definition) is 1. The lowest BCUT2D eigenvalue weighted by Gasteiger charge is -2.03. The zero-order valence-electron chi connectivity index (χ0n) is 8.22. The Morgan fingerprint density at radius 2 is 1.94 bits per heavy atom. The van der Waals surface area contributed by atoms with Gasteiger partial charge >= 0.3 is 0 Å². The minimum Gasteiger partial charge on any atom is -0.382 e. The maximum atomic E-state index is 12.0. The molecule has 1 aromatic heterocycles. The Balaban J connectivity index is 2.46. The van der Waals surface area contributed by atoms with Crippen molar-refractivity contribution < 1.29 is 4.79 Å². The van der Waals surface area contributed by atoms with E-state index < -0.39 is 0 Å². The summed E-state index contributed by atoms with van der Waals surface area (Å²) in [5, 5.41) is 0. The fourth-order valence-corrected chi connectivity index (χ4v) is 1.65. The molecule has 0 unspecified atom stereocenters. The zero-order chi connectivity index (χ0) is 11.5. The number of nitrogen functional groups attached to an aromatic ring is 1. The molecule has 0 saturated heterocycles. The molecule has 0 bridgehead atoms. The van der Waals surface area contributed by atoms with E-state index in [1.807, 2.05) is 28.7 Å². The van der Waals surface area contributed by atoms with Crippen molar-refractivity contribution in [2.75, 3.05) is 5.73 Å². The van der Waals surface area contributed by atoms with Crippen molar-refractivity contribution in [1.82, 2.24) is 9.97 Å². The van der Waals surface area contributed by atoms with Crippen molar-refractivity contribution in [2.45, 2.75) is 0 Å². The van der Waals surface area contributed by atoms with Crippen molar-refractivity contribution in [3.63, 3.8) is 0 Å². The number of nitrogens with zero attached hydrogens (tertiary/aromatic N) is 2. The van der Waals surface area contributed by atoms with Crippen LogP contribution in [0.5, 0.6) is 0 Å². The van der Waals surface area contributed by atoms with Gasteiger partial charge in [-0.3, -0.25) is 4.79 Å². The predicted molar refractivity (Wildman–Crippen MR) is 69.0 cm³/mol. The molecule has 0 atom stereocenters. The monoisotopic (exact) mass is 325 g/mol. The van der Waals surface area contributed by atoms with Crippen LogP contribution in [0.4, 0.5) is 5.82 Å². The first-order chi connectivity index (χ1) is 7.68. The van der Waals surface area contributed by atoms with E-state index in [4.69, 9.17) is 5.73 Å². The normalized spacial score (nSPS) is 10.1. The Bertz CT molecular complexity index is 528. The summed E-state index contributed by atoms with van der Waals surface area (Å²) in [6, 6.07) is 8.89. The highest BCUT2D eigenvalue weighted by atomic mass is 127. The highest BCUT2D eigenvalue weighted by Crippen LogP contribution is 2.13. The van der Waals surface area contributed by atoms with Crippen LogP contribution in [0.15, 0.2) is 36.5 Å². The van der Waals surface area contributed by atoms with Gasteiger partial charge < -0.3 is 5.73 Å². The molecule has 0 amide bonds. The number of carbonyl (C=O) groups excluding carboxylic acids is 1. The van der Waals surface area contributed by atoms with Crippen LogP contribution >= 0.6 is 22.6 Å². The van der Waals surface area contributed by atoms with Crippen LogP contribution in [0.3, 0.4) is 0 Å². The fourth-order valence-electron chi connectivity index (χ4n) is 1.27. The number of halogens is 1. The maximum absolute atomic E-state index is 12.0. The van der Waals surface area contributed by atoms with Crippen molar-refractivity contribution >= 4 is 34.2 Å². The smallest absolute Gasteiger partial charge is 0.215 e. The van der Waals surface area contributed by atoms with E-state index >= 15 is 0 Å². The average molecular weight is 325 g/mol. The number of anilines is 1. The summed E-state index contributed by atoms with van der Waals surface area (Å²) in [6.07, 6.45) is 1.53. The number of aromatic nitrogens is 2. The van der Waals surface area contributed by atoms with Crippen molar-refractivity contribution in [3.05, 3.63) is 51.5 Å². The SMILES string of the molecule is Nc1ncc(I)nc1C(=O)c1ccccc1.